The third-order valence-electron chi connectivity index (χ3n) is 2.00. The van der Waals surface area contributed by atoms with Crippen LogP contribution in [0, 0.1) is 10.5 Å². The van der Waals surface area contributed by atoms with Crippen LogP contribution in [0.25, 0.3) is 5.65 Å². The molecule has 0 aromatic carbocycles. The van der Waals surface area contributed by atoms with Crippen molar-refractivity contribution in [2.24, 2.45) is 0 Å². The first-order chi connectivity index (χ1) is 7.02. The number of aryl methyl sites for hydroxylation is 1. The van der Waals surface area contributed by atoms with E-state index in [0.29, 0.717) is 5.65 Å². The van der Waals surface area contributed by atoms with Crippen molar-refractivity contribution in [3.8, 4) is 0 Å². The third kappa shape index (κ3) is 1.42. The van der Waals surface area contributed by atoms with Crippen LogP contribution in [-0.2, 0) is 0 Å². The first-order valence-electron chi connectivity index (χ1n) is 4.01. The van der Waals surface area contributed by atoms with Crippen LogP contribution in [0.2, 0.25) is 0 Å². The standard InChI is InChI=1S/C8H6IN3O3/c1-3-5(9)6-10-2-4(8(14)15)7(13)12(6)11-3/h2,11H,1H3,(H,14,15). The molecule has 0 amide bonds. The second kappa shape index (κ2) is 3.33. The first-order valence-corrected chi connectivity index (χ1v) is 5.09. The van der Waals surface area contributed by atoms with E-state index in [4.69, 9.17) is 5.11 Å². The van der Waals surface area contributed by atoms with Crippen molar-refractivity contribution >= 4 is 34.2 Å². The van der Waals surface area contributed by atoms with Crippen LogP contribution in [0.5, 0.6) is 0 Å². The Bertz CT molecular complexity index is 613. The van der Waals surface area contributed by atoms with Gasteiger partial charge in [0.1, 0.15) is 5.56 Å². The summed E-state index contributed by atoms with van der Waals surface area (Å²) in [6, 6.07) is 0. The highest BCUT2D eigenvalue weighted by atomic mass is 127. The van der Waals surface area contributed by atoms with Crippen LogP contribution >= 0.6 is 22.6 Å². The van der Waals surface area contributed by atoms with Crippen LogP contribution in [0.3, 0.4) is 0 Å². The lowest BCUT2D eigenvalue weighted by Gasteiger charge is -1.94. The Hall–Kier alpha value is -1.38. The quantitative estimate of drug-likeness (QED) is 0.755. The largest absolute Gasteiger partial charge is 0.477 e. The molecule has 2 N–H and O–H groups in total. The summed E-state index contributed by atoms with van der Waals surface area (Å²) in [6.45, 7) is 1.79. The lowest BCUT2D eigenvalue weighted by Crippen LogP contribution is -2.23. The molecule has 78 valence electrons. The molecule has 0 aliphatic heterocycles. The molecule has 0 aliphatic carbocycles. The molecular formula is C8H6IN3O3. The average Bonchev–Trinajstić information content (AvgIpc) is 2.45. The van der Waals surface area contributed by atoms with Gasteiger partial charge in [-0.1, -0.05) is 0 Å². The van der Waals surface area contributed by atoms with Gasteiger partial charge in [-0.3, -0.25) is 9.89 Å². The summed E-state index contributed by atoms with van der Waals surface area (Å²) in [6.07, 6.45) is 1.08. The van der Waals surface area contributed by atoms with Crippen molar-refractivity contribution in [3.05, 3.63) is 31.4 Å². The molecule has 7 heteroatoms. The van der Waals surface area contributed by atoms with Gasteiger partial charge in [0.15, 0.2) is 5.65 Å². The number of halogens is 1. The molecule has 0 saturated heterocycles. The van der Waals surface area contributed by atoms with Crippen LogP contribution in [-0.4, -0.2) is 25.7 Å². The Kier molecular flexibility index (Phi) is 2.25. The average molecular weight is 319 g/mol. The van der Waals surface area contributed by atoms with Crippen molar-refractivity contribution < 1.29 is 9.90 Å². The summed E-state index contributed by atoms with van der Waals surface area (Å²) >= 11 is 2.04. The normalized spacial score (nSPS) is 10.8. The summed E-state index contributed by atoms with van der Waals surface area (Å²) in [5.74, 6) is -1.27. The first kappa shape index (κ1) is 10.1. The van der Waals surface area contributed by atoms with Crippen molar-refractivity contribution in [2.75, 3.05) is 0 Å². The topological polar surface area (TPSA) is 87.5 Å². The smallest absolute Gasteiger partial charge is 0.343 e. The molecule has 2 aromatic rings. The minimum absolute atomic E-state index is 0.342. The Morgan fingerprint density at radius 3 is 2.93 bits per heavy atom. The maximum absolute atomic E-state index is 11.6. The van der Waals surface area contributed by atoms with Gasteiger partial charge in [-0.05, 0) is 29.5 Å². The van der Waals surface area contributed by atoms with Gasteiger partial charge in [-0.15, -0.1) is 0 Å². The Balaban J connectivity index is 2.92. The summed E-state index contributed by atoms with van der Waals surface area (Å²) in [5.41, 5.74) is 0.287. The minimum Gasteiger partial charge on any atom is -0.477 e. The Morgan fingerprint density at radius 1 is 1.67 bits per heavy atom. The van der Waals surface area contributed by atoms with E-state index in [1.54, 1.807) is 6.92 Å². The molecule has 0 atom stereocenters. The van der Waals surface area contributed by atoms with E-state index >= 15 is 0 Å². The van der Waals surface area contributed by atoms with Gasteiger partial charge in [0.25, 0.3) is 5.56 Å². The number of carboxylic acid groups (broad SMARTS) is 1. The number of aromatic nitrogens is 3. The number of aromatic amines is 1. The van der Waals surface area contributed by atoms with Crippen LogP contribution in [0.1, 0.15) is 16.1 Å². The van der Waals surface area contributed by atoms with Gasteiger partial charge in [-0.2, -0.15) is 4.52 Å². The number of carboxylic acids is 1. The van der Waals surface area contributed by atoms with Crippen LogP contribution in [0.15, 0.2) is 11.0 Å². The summed E-state index contributed by atoms with van der Waals surface area (Å²) in [7, 11) is 0. The Labute approximate surface area is 97.1 Å². The predicted molar refractivity (Wildman–Crippen MR) is 60.2 cm³/mol. The number of hydrogen-bond acceptors (Lipinski definition) is 3. The zero-order valence-electron chi connectivity index (χ0n) is 7.61. The highest BCUT2D eigenvalue weighted by Crippen LogP contribution is 2.13. The number of nitrogens with one attached hydrogen (secondary N) is 1. The van der Waals surface area contributed by atoms with Gasteiger partial charge < -0.3 is 5.11 Å². The zero-order chi connectivity index (χ0) is 11.2. The van der Waals surface area contributed by atoms with Gasteiger partial charge in [0.05, 0.1) is 3.57 Å². The van der Waals surface area contributed by atoms with Gasteiger partial charge >= 0.3 is 5.97 Å². The zero-order valence-corrected chi connectivity index (χ0v) is 9.77. The molecular weight excluding hydrogens is 313 g/mol. The molecule has 0 aliphatic rings. The van der Waals surface area contributed by atoms with Gasteiger partial charge in [0, 0.05) is 11.9 Å². The Morgan fingerprint density at radius 2 is 2.33 bits per heavy atom. The third-order valence-corrected chi connectivity index (χ3v) is 3.29. The summed E-state index contributed by atoms with van der Waals surface area (Å²) in [4.78, 5) is 26.3. The fraction of sp³-hybridized carbons (Fsp3) is 0.125. The van der Waals surface area contributed by atoms with E-state index in [2.05, 4.69) is 10.1 Å². The molecule has 15 heavy (non-hydrogen) atoms. The highest BCUT2D eigenvalue weighted by Gasteiger charge is 2.15. The van der Waals surface area contributed by atoms with E-state index < -0.39 is 11.5 Å². The number of aromatic carboxylic acids is 1. The number of carbonyl (C=O) groups is 1. The predicted octanol–water partition coefficient (Wildman–Crippen LogP) is 0.634. The van der Waals surface area contributed by atoms with Crippen molar-refractivity contribution in [3.63, 3.8) is 0 Å². The van der Waals surface area contributed by atoms with Crippen LogP contribution in [0.4, 0.5) is 0 Å². The van der Waals surface area contributed by atoms with E-state index in [1.165, 1.54) is 0 Å². The molecule has 0 saturated carbocycles. The van der Waals surface area contributed by atoms with Crippen molar-refractivity contribution in [2.45, 2.75) is 6.92 Å². The minimum atomic E-state index is -1.27. The number of hydrogen-bond donors (Lipinski definition) is 2. The van der Waals surface area contributed by atoms with Gasteiger partial charge in [-0.25, -0.2) is 9.78 Å². The summed E-state index contributed by atoms with van der Waals surface area (Å²) < 4.78 is 1.95. The molecule has 0 spiro atoms. The van der Waals surface area contributed by atoms with Crippen molar-refractivity contribution in [1.29, 1.82) is 0 Å². The molecule has 2 aromatic heterocycles. The van der Waals surface area contributed by atoms with Gasteiger partial charge in [0.2, 0.25) is 0 Å². The van der Waals surface area contributed by atoms with Crippen molar-refractivity contribution in [1.82, 2.24) is 14.6 Å². The highest BCUT2D eigenvalue weighted by molar-refractivity contribution is 14.1. The molecule has 0 unspecified atom stereocenters. The fourth-order valence-electron chi connectivity index (χ4n) is 1.25. The molecule has 0 fully saturated rings. The maximum atomic E-state index is 11.6. The molecule has 6 nitrogen and oxygen atoms in total. The maximum Gasteiger partial charge on any atom is 0.343 e. The molecule has 2 rings (SSSR count). The SMILES string of the molecule is Cc1[nH]n2c(=O)c(C(=O)O)cnc2c1I. The fourth-order valence-corrected chi connectivity index (χ4v) is 1.75. The summed E-state index contributed by atoms with van der Waals surface area (Å²) in [5, 5.41) is 11.5. The number of fused-ring (bicyclic) bond motifs is 1. The monoisotopic (exact) mass is 319 g/mol. The molecule has 0 bridgehead atoms. The second-order valence-electron chi connectivity index (χ2n) is 2.99. The number of H-pyrrole nitrogens is 1. The number of nitrogens with zero attached hydrogens (tertiary/aromatic N) is 2. The lowest BCUT2D eigenvalue weighted by atomic mass is 10.3. The van der Waals surface area contributed by atoms with E-state index in [-0.39, 0.29) is 5.56 Å². The van der Waals surface area contributed by atoms with E-state index in [1.807, 2.05) is 22.6 Å². The van der Waals surface area contributed by atoms with E-state index in [9.17, 15) is 9.59 Å². The van der Waals surface area contributed by atoms with E-state index in [0.717, 1.165) is 20.0 Å². The number of rotatable bonds is 1. The second-order valence-corrected chi connectivity index (χ2v) is 4.07. The lowest BCUT2D eigenvalue weighted by molar-refractivity contribution is 0.0694. The molecule has 0 radical (unpaired) electrons. The molecule has 2 heterocycles. The van der Waals surface area contributed by atoms with Crippen LogP contribution < -0.4 is 5.56 Å².